The maximum atomic E-state index is 12.9. The fourth-order valence-corrected chi connectivity index (χ4v) is 5.21. The number of hydrogen-bond donors (Lipinski definition) is 0. The number of unbranched alkanes of at least 4 members (excludes halogenated alkanes) is 15. The topological polar surface area (TPSA) is 57.2 Å². The lowest BCUT2D eigenvalue weighted by Gasteiger charge is -2.33. The Morgan fingerprint density at radius 1 is 0.523 bits per heavy atom. The molecule has 44 heavy (non-hydrogen) atoms. The van der Waals surface area contributed by atoms with Gasteiger partial charge in [-0.1, -0.05) is 90.9 Å². The van der Waals surface area contributed by atoms with Gasteiger partial charge in [-0.2, -0.15) is 39.5 Å². The van der Waals surface area contributed by atoms with Gasteiger partial charge in [-0.25, -0.2) is 8.42 Å². The van der Waals surface area contributed by atoms with Crippen molar-refractivity contribution in [3.63, 3.8) is 0 Å². The third-order valence-electron chi connectivity index (χ3n) is 7.58. The van der Waals surface area contributed by atoms with Crippen molar-refractivity contribution in [2.75, 3.05) is 32.9 Å². The highest BCUT2D eigenvalue weighted by Gasteiger charge is 2.81. The summed E-state index contributed by atoms with van der Waals surface area (Å²) in [6.07, 6.45) is 12.0. The maximum absolute atomic E-state index is 12.9. The Kier molecular flexibility index (Phi) is 22.6. The second-order valence-corrected chi connectivity index (χ2v) is 13.9. The lowest BCUT2D eigenvalue weighted by molar-refractivity contribution is -0.890. The molecule has 0 aliphatic carbocycles. The molecular formula is C30H56F9NO3S. The molecule has 14 heteroatoms. The third kappa shape index (κ3) is 20.4. The fourth-order valence-electron chi connectivity index (χ4n) is 4.65. The molecule has 0 spiro atoms. The minimum Gasteiger partial charge on any atom is -0.748 e. The summed E-state index contributed by atoms with van der Waals surface area (Å²) < 4.78 is 143. The van der Waals surface area contributed by atoms with Gasteiger partial charge in [-0.15, -0.1) is 0 Å². The number of rotatable bonds is 25. The van der Waals surface area contributed by atoms with Crippen LogP contribution in [0.2, 0.25) is 0 Å². The van der Waals surface area contributed by atoms with Crippen molar-refractivity contribution in [2.45, 2.75) is 160 Å². The molecule has 0 fully saturated rings. The second kappa shape index (κ2) is 21.9. The van der Waals surface area contributed by atoms with Crippen molar-refractivity contribution in [1.29, 1.82) is 0 Å². The van der Waals surface area contributed by atoms with E-state index in [1.165, 1.54) is 120 Å². The van der Waals surface area contributed by atoms with E-state index in [1.54, 1.807) is 0 Å². The lowest BCUT2D eigenvalue weighted by atomic mass is 9.99. The molecule has 0 bridgehead atoms. The fraction of sp³-hybridized carbons (Fsp3) is 1.00. The summed E-state index contributed by atoms with van der Waals surface area (Å²) in [5.41, 5.74) is 0. The molecule has 4 nitrogen and oxygen atoms in total. The van der Waals surface area contributed by atoms with E-state index in [0.29, 0.717) is 0 Å². The van der Waals surface area contributed by atoms with Gasteiger partial charge in [-0.3, -0.25) is 0 Å². The average molecular weight is 682 g/mol. The molecule has 0 N–H and O–H groups in total. The van der Waals surface area contributed by atoms with Gasteiger partial charge in [0.25, 0.3) is 0 Å². The average Bonchev–Trinajstić information content (AvgIpc) is 2.88. The molecule has 0 atom stereocenters. The van der Waals surface area contributed by atoms with Crippen molar-refractivity contribution in [1.82, 2.24) is 0 Å². The molecule has 0 aliphatic rings. The van der Waals surface area contributed by atoms with Crippen LogP contribution in [0.1, 0.15) is 136 Å². The second-order valence-electron chi connectivity index (χ2n) is 12.4. The third-order valence-corrected chi connectivity index (χ3v) is 8.37. The van der Waals surface area contributed by atoms with E-state index in [-0.39, 0.29) is 0 Å². The highest BCUT2D eigenvalue weighted by atomic mass is 32.2. The lowest BCUT2D eigenvalue weighted by Crippen LogP contribution is -2.60. The summed E-state index contributed by atoms with van der Waals surface area (Å²) in [6, 6.07) is 0. The summed E-state index contributed by atoms with van der Waals surface area (Å²) >= 11 is 0. The molecule has 0 aromatic carbocycles. The Bertz CT molecular complexity index is 799. The number of alkyl halides is 9. The molecule has 0 rings (SSSR count). The monoisotopic (exact) mass is 681 g/mol. The van der Waals surface area contributed by atoms with Crippen LogP contribution in [0.25, 0.3) is 0 Å². The zero-order chi connectivity index (χ0) is 34.6. The van der Waals surface area contributed by atoms with E-state index in [9.17, 15) is 52.5 Å². The van der Waals surface area contributed by atoms with Crippen molar-refractivity contribution in [2.24, 2.45) is 0 Å². The molecule has 0 radical (unpaired) electrons. The molecule has 0 unspecified atom stereocenters. The van der Waals surface area contributed by atoms with Gasteiger partial charge in [0.15, 0.2) is 0 Å². The number of quaternary nitrogens is 1. The first kappa shape index (κ1) is 45.4. The van der Waals surface area contributed by atoms with E-state index in [0.717, 1.165) is 0 Å². The van der Waals surface area contributed by atoms with E-state index >= 15 is 0 Å². The Morgan fingerprint density at radius 2 is 0.864 bits per heavy atom. The quantitative estimate of drug-likeness (QED) is 0.0417. The Balaban J connectivity index is 0. The van der Waals surface area contributed by atoms with Crippen LogP contribution in [-0.4, -0.2) is 74.3 Å². The smallest absolute Gasteiger partial charge is 0.460 e. The minimum absolute atomic E-state index is 0.880. The number of hydrogen-bond acceptors (Lipinski definition) is 3. The number of halogens is 9. The highest BCUT2D eigenvalue weighted by Crippen LogP contribution is 2.54. The van der Waals surface area contributed by atoms with E-state index in [4.69, 9.17) is 0 Å². The van der Waals surface area contributed by atoms with E-state index in [2.05, 4.69) is 27.9 Å². The van der Waals surface area contributed by atoms with Crippen molar-refractivity contribution < 1.29 is 57.0 Å². The zero-order valence-electron chi connectivity index (χ0n) is 27.0. The van der Waals surface area contributed by atoms with Crippen molar-refractivity contribution >= 4 is 10.1 Å². The minimum atomic E-state index is -6.96. The van der Waals surface area contributed by atoms with E-state index < -0.39 is 59.1 Å². The van der Waals surface area contributed by atoms with Gasteiger partial charge in [0, 0.05) is 12.2 Å². The molecule has 0 aromatic rings. The largest absolute Gasteiger partial charge is 0.748 e. The Morgan fingerprint density at radius 3 is 1.18 bits per heavy atom. The van der Waals surface area contributed by atoms with Gasteiger partial charge in [0.05, 0.1) is 37.3 Å². The molecule has 0 amide bonds. The summed E-state index contributed by atoms with van der Waals surface area (Å²) in [5, 5.41) is 0. The zero-order valence-corrected chi connectivity index (χ0v) is 27.9. The molecule has 0 aliphatic heterocycles. The molecule has 0 saturated heterocycles. The van der Waals surface area contributed by atoms with Gasteiger partial charge < -0.3 is 9.04 Å². The first-order valence-electron chi connectivity index (χ1n) is 16.0. The van der Waals surface area contributed by atoms with Gasteiger partial charge in [-0.05, 0) is 38.5 Å². The van der Waals surface area contributed by atoms with Gasteiger partial charge in [0.1, 0.15) is 0 Å². The highest BCUT2D eigenvalue weighted by molar-refractivity contribution is 7.85. The summed E-state index contributed by atoms with van der Waals surface area (Å²) in [4.78, 5) is 0. The predicted octanol–water partition coefficient (Wildman–Crippen LogP) is 10.5. The maximum Gasteiger partial charge on any atom is 0.460 e. The van der Waals surface area contributed by atoms with Gasteiger partial charge >= 0.3 is 23.9 Å². The normalized spacial score (nSPS) is 13.6. The standard InChI is InChI=1S/C22H48N.C8H9F9O3S/c1-5-7-9-11-13-15-17-19-21-23(3,4)22-20-18-16-14-12-10-8-6-2;9-5(10,3-1-2-4-21(18,19)20)6(11,12)7(13,14)8(15,16)17/h5-22H2,1-4H3;1-4H2,(H,18,19,20)/q+1;/p-1. The van der Waals surface area contributed by atoms with Crippen LogP contribution in [0.4, 0.5) is 39.5 Å². The molecule has 0 heterocycles. The Labute approximate surface area is 259 Å². The molecule has 0 saturated carbocycles. The summed E-state index contributed by atoms with van der Waals surface area (Å²) in [6.45, 7) is 7.36. The van der Waals surface area contributed by atoms with Crippen LogP contribution in [0.15, 0.2) is 0 Å². The van der Waals surface area contributed by atoms with E-state index in [1.807, 2.05) is 0 Å². The Hall–Kier alpha value is -0.760. The summed E-state index contributed by atoms with van der Waals surface area (Å²) in [5.74, 6) is -20.6. The van der Waals surface area contributed by atoms with Crippen LogP contribution in [0, 0.1) is 0 Å². The van der Waals surface area contributed by atoms with Crippen LogP contribution in [0.3, 0.4) is 0 Å². The molecule has 0 aromatic heterocycles. The van der Waals surface area contributed by atoms with Crippen LogP contribution < -0.4 is 0 Å². The first-order chi connectivity index (χ1) is 20.1. The van der Waals surface area contributed by atoms with Crippen molar-refractivity contribution in [3.8, 4) is 0 Å². The number of nitrogens with zero attached hydrogens (tertiary/aromatic N) is 1. The van der Waals surface area contributed by atoms with Crippen molar-refractivity contribution in [3.05, 3.63) is 0 Å². The SMILES string of the molecule is CCCCCCCCCC[N+](C)(C)CCCCCCCCCC.O=S(=O)([O-])CCCCC(F)(F)C(F)(F)C(F)(F)C(F)(F)F. The van der Waals surface area contributed by atoms with Crippen LogP contribution in [-0.2, 0) is 10.1 Å². The van der Waals surface area contributed by atoms with Gasteiger partial charge in [0.2, 0.25) is 0 Å². The first-order valence-corrected chi connectivity index (χ1v) is 17.6. The predicted molar refractivity (Wildman–Crippen MR) is 156 cm³/mol. The van der Waals surface area contributed by atoms with Crippen LogP contribution >= 0.6 is 0 Å². The summed E-state index contributed by atoms with van der Waals surface area (Å²) in [7, 11) is 0.0265. The molecule has 268 valence electrons. The van der Waals surface area contributed by atoms with Crippen LogP contribution in [0.5, 0.6) is 0 Å². The molecular weight excluding hydrogens is 625 g/mol.